The molecule has 0 saturated carbocycles. The molecule has 78 valence electrons. The molecule has 1 heterocycles. The maximum Gasteiger partial charge on any atom is 0.240 e. The van der Waals surface area contributed by atoms with Crippen LogP contribution in [0.2, 0.25) is 0 Å². The molecule has 0 aromatic carbocycles. The van der Waals surface area contributed by atoms with E-state index in [0.717, 1.165) is 0 Å². The van der Waals surface area contributed by atoms with E-state index in [-0.39, 0.29) is 11.9 Å². The Morgan fingerprint density at radius 1 is 1.71 bits per heavy atom. The van der Waals surface area contributed by atoms with Crippen LogP contribution in [0.15, 0.2) is 4.73 Å². The lowest BCUT2D eigenvalue weighted by Crippen LogP contribution is -2.18. The minimum absolute atomic E-state index is 0.0224. The van der Waals surface area contributed by atoms with Crippen molar-refractivity contribution in [3.63, 3.8) is 0 Å². The summed E-state index contributed by atoms with van der Waals surface area (Å²) in [5.41, 5.74) is 5.38. The summed E-state index contributed by atoms with van der Waals surface area (Å²) in [5.74, 6) is 0.256. The summed E-state index contributed by atoms with van der Waals surface area (Å²) >= 11 is 3.21. The molecule has 0 aliphatic rings. The first-order valence-corrected chi connectivity index (χ1v) is 4.99. The fourth-order valence-corrected chi connectivity index (χ4v) is 1.43. The molecule has 0 aliphatic heterocycles. The lowest BCUT2D eigenvalue weighted by atomic mass is 10.3. The number of hydrogen-bond donors (Lipinski definition) is 2. The largest absolute Gasteiger partial charge is 0.366 e. The van der Waals surface area contributed by atoms with E-state index in [2.05, 4.69) is 31.3 Å². The van der Waals surface area contributed by atoms with Crippen LogP contribution in [0.25, 0.3) is 0 Å². The molecular weight excluding hydrogens is 250 g/mol. The highest BCUT2D eigenvalue weighted by Crippen LogP contribution is 2.08. The highest BCUT2D eigenvalue weighted by Gasteiger charge is 2.04. The number of hydrogen-bond acceptors (Lipinski definition) is 4. The van der Waals surface area contributed by atoms with Gasteiger partial charge in [-0.1, -0.05) is 0 Å². The minimum atomic E-state index is 0.0224. The lowest BCUT2D eigenvalue weighted by molar-refractivity contribution is -0.120. The van der Waals surface area contributed by atoms with Crippen molar-refractivity contribution < 1.29 is 4.79 Å². The van der Waals surface area contributed by atoms with Crippen molar-refractivity contribution in [1.82, 2.24) is 20.1 Å². The fraction of sp³-hybridized carbons (Fsp3) is 0.571. The Hall–Kier alpha value is -1.11. The van der Waals surface area contributed by atoms with Crippen LogP contribution in [-0.2, 0) is 11.3 Å². The number of aryl methyl sites for hydroxylation is 1. The van der Waals surface area contributed by atoms with Crippen LogP contribution >= 0.6 is 15.9 Å². The topological polar surface area (TPSA) is 85.8 Å². The Morgan fingerprint density at radius 2 is 2.43 bits per heavy atom. The van der Waals surface area contributed by atoms with Crippen LogP contribution in [0.5, 0.6) is 0 Å². The van der Waals surface area contributed by atoms with Crippen LogP contribution in [0.3, 0.4) is 0 Å². The predicted molar refractivity (Wildman–Crippen MR) is 55.4 cm³/mol. The van der Waals surface area contributed by atoms with Gasteiger partial charge in [0.25, 0.3) is 0 Å². The number of halogens is 1. The van der Waals surface area contributed by atoms with Gasteiger partial charge in [-0.05, 0) is 22.4 Å². The number of amides is 1. The average Bonchev–Trinajstić information content (AvgIpc) is 2.45. The van der Waals surface area contributed by atoms with Gasteiger partial charge in [0.05, 0.1) is 0 Å². The maximum absolute atomic E-state index is 10.9. The molecular formula is C7H12BrN5O. The van der Waals surface area contributed by atoms with Gasteiger partial charge in [0.15, 0.2) is 4.73 Å². The van der Waals surface area contributed by atoms with Crippen molar-refractivity contribution in [2.75, 3.05) is 12.8 Å². The minimum Gasteiger partial charge on any atom is -0.366 e. The second-order valence-electron chi connectivity index (χ2n) is 2.74. The van der Waals surface area contributed by atoms with Crippen LogP contribution in [0.1, 0.15) is 12.8 Å². The van der Waals surface area contributed by atoms with Crippen molar-refractivity contribution in [1.29, 1.82) is 0 Å². The number of nitrogens with one attached hydrogen (secondary N) is 1. The number of aromatic nitrogens is 3. The first-order valence-electron chi connectivity index (χ1n) is 4.20. The van der Waals surface area contributed by atoms with Gasteiger partial charge in [0, 0.05) is 20.0 Å². The standard InChI is InChI=1S/C7H12BrN5O/c1-10-5(14)3-2-4-13-6(8)11-7(9)12-13/h2-4H2,1H3,(H2,9,12)(H,10,14). The second kappa shape index (κ2) is 4.94. The van der Waals surface area contributed by atoms with Gasteiger partial charge < -0.3 is 11.1 Å². The third kappa shape index (κ3) is 2.99. The Kier molecular flexibility index (Phi) is 3.87. The van der Waals surface area contributed by atoms with Gasteiger partial charge in [0.1, 0.15) is 0 Å². The molecule has 0 unspecified atom stereocenters. The zero-order valence-corrected chi connectivity index (χ0v) is 9.41. The van der Waals surface area contributed by atoms with Crippen molar-refractivity contribution in [2.24, 2.45) is 0 Å². The summed E-state index contributed by atoms with van der Waals surface area (Å²) in [6, 6.07) is 0. The van der Waals surface area contributed by atoms with Gasteiger partial charge in [-0.3, -0.25) is 4.79 Å². The number of nitrogens with zero attached hydrogens (tertiary/aromatic N) is 3. The number of rotatable bonds is 4. The zero-order chi connectivity index (χ0) is 10.6. The molecule has 0 fully saturated rings. The van der Waals surface area contributed by atoms with E-state index in [1.807, 2.05) is 0 Å². The molecule has 6 nitrogen and oxygen atoms in total. The van der Waals surface area contributed by atoms with Crippen LogP contribution < -0.4 is 11.1 Å². The monoisotopic (exact) mass is 261 g/mol. The van der Waals surface area contributed by atoms with E-state index in [0.29, 0.717) is 24.1 Å². The van der Waals surface area contributed by atoms with Gasteiger partial charge in [0.2, 0.25) is 11.9 Å². The molecule has 1 rings (SSSR count). The predicted octanol–water partition coefficient (Wildman–Crippen LogP) is 0.149. The molecule has 7 heteroatoms. The number of nitrogens with two attached hydrogens (primary N) is 1. The SMILES string of the molecule is CNC(=O)CCCn1nc(N)nc1Br. The fourth-order valence-electron chi connectivity index (χ4n) is 0.996. The van der Waals surface area contributed by atoms with Crippen molar-refractivity contribution in [3.05, 3.63) is 4.73 Å². The van der Waals surface area contributed by atoms with E-state index in [9.17, 15) is 4.79 Å². The molecule has 1 aromatic rings. The van der Waals surface area contributed by atoms with Gasteiger partial charge in [-0.15, -0.1) is 5.10 Å². The third-order valence-corrected chi connectivity index (χ3v) is 2.28. The summed E-state index contributed by atoms with van der Waals surface area (Å²) in [4.78, 5) is 14.8. The summed E-state index contributed by atoms with van der Waals surface area (Å²) in [6.45, 7) is 0.623. The zero-order valence-electron chi connectivity index (χ0n) is 7.83. The van der Waals surface area contributed by atoms with E-state index >= 15 is 0 Å². The lowest BCUT2D eigenvalue weighted by Gasteiger charge is -2.01. The molecule has 0 spiro atoms. The van der Waals surface area contributed by atoms with Crippen molar-refractivity contribution in [3.8, 4) is 0 Å². The number of carbonyl (C=O) groups is 1. The molecule has 0 atom stereocenters. The summed E-state index contributed by atoms with van der Waals surface area (Å²) in [7, 11) is 1.62. The molecule has 3 N–H and O–H groups in total. The van der Waals surface area contributed by atoms with E-state index in [1.54, 1.807) is 11.7 Å². The summed E-state index contributed by atoms with van der Waals surface area (Å²) in [6.07, 6.45) is 1.18. The average molecular weight is 262 g/mol. The Morgan fingerprint density at radius 3 is 2.93 bits per heavy atom. The van der Waals surface area contributed by atoms with E-state index < -0.39 is 0 Å². The molecule has 0 radical (unpaired) electrons. The molecule has 0 saturated heterocycles. The number of anilines is 1. The Bertz CT molecular complexity index is 324. The molecule has 14 heavy (non-hydrogen) atoms. The highest BCUT2D eigenvalue weighted by molar-refractivity contribution is 9.10. The second-order valence-corrected chi connectivity index (χ2v) is 3.45. The first-order chi connectivity index (χ1) is 6.63. The molecule has 1 amide bonds. The summed E-state index contributed by atoms with van der Waals surface area (Å²) in [5, 5.41) is 6.49. The van der Waals surface area contributed by atoms with E-state index in [1.165, 1.54) is 0 Å². The maximum atomic E-state index is 10.9. The van der Waals surface area contributed by atoms with Crippen molar-refractivity contribution >= 4 is 27.8 Å². The smallest absolute Gasteiger partial charge is 0.240 e. The van der Waals surface area contributed by atoms with Crippen LogP contribution in [0, 0.1) is 0 Å². The summed E-state index contributed by atoms with van der Waals surface area (Å²) < 4.78 is 2.21. The van der Waals surface area contributed by atoms with E-state index in [4.69, 9.17) is 5.73 Å². The number of nitrogen functional groups attached to an aromatic ring is 1. The Balaban J connectivity index is 2.38. The normalized spacial score (nSPS) is 10.1. The van der Waals surface area contributed by atoms with Gasteiger partial charge in [-0.25, -0.2) is 4.68 Å². The molecule has 1 aromatic heterocycles. The third-order valence-electron chi connectivity index (χ3n) is 1.70. The van der Waals surface area contributed by atoms with Gasteiger partial charge in [-0.2, -0.15) is 4.98 Å². The Labute approximate surface area is 90.0 Å². The molecule has 0 aliphatic carbocycles. The highest BCUT2D eigenvalue weighted by atomic mass is 79.9. The first kappa shape index (κ1) is 11.0. The van der Waals surface area contributed by atoms with Gasteiger partial charge >= 0.3 is 0 Å². The van der Waals surface area contributed by atoms with Crippen LogP contribution in [0.4, 0.5) is 5.95 Å². The number of carbonyl (C=O) groups excluding carboxylic acids is 1. The van der Waals surface area contributed by atoms with Crippen LogP contribution in [-0.4, -0.2) is 27.7 Å². The molecule has 0 bridgehead atoms. The van der Waals surface area contributed by atoms with Crippen molar-refractivity contribution in [2.45, 2.75) is 19.4 Å². The quantitative estimate of drug-likeness (QED) is 0.808.